The van der Waals surface area contributed by atoms with Crippen LogP contribution >= 0.6 is 24.0 Å². The number of methoxy groups -OCH3 is 1. The quantitative estimate of drug-likeness (QED) is 0.318. The summed E-state index contributed by atoms with van der Waals surface area (Å²) >= 11 is 0. The van der Waals surface area contributed by atoms with Gasteiger partial charge in [0.15, 0.2) is 17.5 Å². The molecule has 2 N–H and O–H groups in total. The number of hydrogen-bond donors (Lipinski definition) is 2. The van der Waals surface area contributed by atoms with Gasteiger partial charge in [0.2, 0.25) is 0 Å². The summed E-state index contributed by atoms with van der Waals surface area (Å²) in [5.74, 6) is 0.982. The van der Waals surface area contributed by atoms with E-state index < -0.39 is 6.61 Å². The molecule has 8 heteroatoms. The molecule has 0 saturated heterocycles. The fraction of sp³-hybridized carbons (Fsp3) is 0.350. The largest absolute Gasteiger partial charge is 0.493 e. The molecule has 1 atom stereocenters. The van der Waals surface area contributed by atoms with E-state index >= 15 is 0 Å². The number of nitrogens with one attached hydrogen (secondary N) is 2. The van der Waals surface area contributed by atoms with Gasteiger partial charge in [-0.3, -0.25) is 4.99 Å². The van der Waals surface area contributed by atoms with Gasteiger partial charge in [-0.05, 0) is 36.6 Å². The van der Waals surface area contributed by atoms with E-state index in [1.54, 1.807) is 19.2 Å². The minimum absolute atomic E-state index is 0. The molecule has 5 nitrogen and oxygen atoms in total. The van der Waals surface area contributed by atoms with E-state index in [4.69, 9.17) is 4.74 Å². The molecule has 0 aliphatic carbocycles. The lowest BCUT2D eigenvalue weighted by Gasteiger charge is -2.18. The Labute approximate surface area is 181 Å². The van der Waals surface area contributed by atoms with E-state index in [2.05, 4.69) is 27.3 Å². The molecule has 2 rings (SSSR count). The van der Waals surface area contributed by atoms with Crippen LogP contribution in [-0.2, 0) is 6.42 Å². The highest BCUT2D eigenvalue weighted by Gasteiger charge is 2.12. The highest BCUT2D eigenvalue weighted by molar-refractivity contribution is 14.0. The summed E-state index contributed by atoms with van der Waals surface area (Å²) in [6.07, 6.45) is 0.615. The van der Waals surface area contributed by atoms with E-state index in [1.165, 1.54) is 7.11 Å². The van der Waals surface area contributed by atoms with Crippen LogP contribution in [0.1, 0.15) is 24.1 Å². The Balaban J connectivity index is 0.00000392. The topological polar surface area (TPSA) is 54.9 Å². The van der Waals surface area contributed by atoms with Crippen LogP contribution in [0.25, 0.3) is 0 Å². The minimum Gasteiger partial charge on any atom is -0.493 e. The number of nitrogens with zero attached hydrogens (tertiary/aromatic N) is 1. The SMILES string of the molecule is CN=C(NCCc1ccc(OC)c(OC(F)F)c1)NC(C)c1ccccc1.I. The van der Waals surface area contributed by atoms with E-state index in [1.807, 2.05) is 36.4 Å². The summed E-state index contributed by atoms with van der Waals surface area (Å²) < 4.78 is 34.6. The molecule has 0 aliphatic heterocycles. The summed E-state index contributed by atoms with van der Waals surface area (Å²) in [7, 11) is 3.12. The predicted molar refractivity (Wildman–Crippen MR) is 118 cm³/mol. The first-order chi connectivity index (χ1) is 13.0. The molecule has 0 amide bonds. The van der Waals surface area contributed by atoms with Gasteiger partial charge in [-0.15, -0.1) is 24.0 Å². The smallest absolute Gasteiger partial charge is 0.387 e. The molecule has 0 bridgehead atoms. The molecule has 0 fully saturated rings. The maximum Gasteiger partial charge on any atom is 0.387 e. The van der Waals surface area contributed by atoms with E-state index in [0.717, 1.165) is 11.1 Å². The van der Waals surface area contributed by atoms with Crippen molar-refractivity contribution in [1.82, 2.24) is 10.6 Å². The molecule has 0 spiro atoms. The summed E-state index contributed by atoms with van der Waals surface area (Å²) in [4.78, 5) is 4.22. The van der Waals surface area contributed by atoms with Gasteiger partial charge in [-0.25, -0.2) is 0 Å². The lowest BCUT2D eigenvalue weighted by Crippen LogP contribution is -2.39. The van der Waals surface area contributed by atoms with Gasteiger partial charge in [0.1, 0.15) is 0 Å². The Morgan fingerprint density at radius 2 is 1.82 bits per heavy atom. The van der Waals surface area contributed by atoms with Gasteiger partial charge >= 0.3 is 6.61 Å². The van der Waals surface area contributed by atoms with Gasteiger partial charge in [-0.1, -0.05) is 36.4 Å². The molecule has 1 unspecified atom stereocenters. The van der Waals surface area contributed by atoms with Crippen LogP contribution in [-0.4, -0.2) is 33.3 Å². The third-order valence-electron chi connectivity index (χ3n) is 4.03. The van der Waals surface area contributed by atoms with Crippen molar-refractivity contribution in [3.8, 4) is 11.5 Å². The molecular weight excluding hydrogens is 479 g/mol. The van der Waals surface area contributed by atoms with Crippen LogP contribution in [0, 0.1) is 0 Å². The van der Waals surface area contributed by atoms with Gasteiger partial charge in [0, 0.05) is 13.6 Å². The molecular formula is C20H26F2IN3O2. The number of hydrogen-bond acceptors (Lipinski definition) is 3. The average Bonchev–Trinajstić information content (AvgIpc) is 2.67. The summed E-state index contributed by atoms with van der Waals surface area (Å²) in [6, 6.07) is 15.2. The van der Waals surface area contributed by atoms with Crippen molar-refractivity contribution < 1.29 is 18.3 Å². The molecule has 0 radical (unpaired) electrons. The minimum atomic E-state index is -2.89. The third-order valence-corrected chi connectivity index (χ3v) is 4.03. The first kappa shape index (κ1) is 23.9. The maximum absolute atomic E-state index is 12.5. The number of guanidine groups is 1. The zero-order chi connectivity index (χ0) is 19.6. The van der Waals surface area contributed by atoms with Crippen molar-refractivity contribution in [2.45, 2.75) is 26.0 Å². The number of ether oxygens (including phenoxy) is 2. The molecule has 0 heterocycles. The lowest BCUT2D eigenvalue weighted by atomic mass is 10.1. The third kappa shape index (κ3) is 7.49. The van der Waals surface area contributed by atoms with Crippen molar-refractivity contribution >= 4 is 29.9 Å². The Hall–Kier alpha value is -2.10. The number of alkyl halides is 2. The second kappa shape index (κ2) is 12.4. The van der Waals surface area contributed by atoms with E-state index in [9.17, 15) is 8.78 Å². The average molecular weight is 505 g/mol. The lowest BCUT2D eigenvalue weighted by molar-refractivity contribution is -0.0512. The van der Waals surface area contributed by atoms with Gasteiger partial charge in [-0.2, -0.15) is 8.78 Å². The van der Waals surface area contributed by atoms with Crippen LogP contribution in [0.4, 0.5) is 8.78 Å². The highest BCUT2D eigenvalue weighted by Crippen LogP contribution is 2.29. The standard InChI is InChI=1S/C20H25F2N3O2.HI/c1-14(16-7-5-4-6-8-16)25-20(23-2)24-12-11-15-9-10-17(26-3)18(13-15)27-19(21)22;/h4-10,13-14,19H,11-12H2,1-3H3,(H2,23,24,25);1H. The Morgan fingerprint density at radius 1 is 1.11 bits per heavy atom. The maximum atomic E-state index is 12.5. The first-order valence-corrected chi connectivity index (χ1v) is 8.67. The van der Waals surface area contributed by atoms with Gasteiger partial charge in [0.25, 0.3) is 0 Å². The Morgan fingerprint density at radius 3 is 2.43 bits per heavy atom. The number of rotatable bonds is 8. The van der Waals surface area contributed by atoms with E-state index in [-0.39, 0.29) is 41.5 Å². The molecule has 0 aromatic heterocycles. The zero-order valence-corrected chi connectivity index (χ0v) is 18.4. The normalized spacial score (nSPS) is 12.1. The Kier molecular flexibility index (Phi) is 10.6. The zero-order valence-electron chi connectivity index (χ0n) is 16.1. The van der Waals surface area contributed by atoms with Crippen molar-refractivity contribution in [3.63, 3.8) is 0 Å². The second-order valence-corrected chi connectivity index (χ2v) is 5.89. The van der Waals surface area contributed by atoms with Crippen molar-refractivity contribution in [3.05, 3.63) is 59.7 Å². The van der Waals surface area contributed by atoms with Crippen LogP contribution in [0.5, 0.6) is 11.5 Å². The fourth-order valence-electron chi connectivity index (χ4n) is 2.61. The molecule has 0 aliphatic rings. The molecule has 28 heavy (non-hydrogen) atoms. The van der Waals surface area contributed by atoms with Crippen LogP contribution < -0.4 is 20.1 Å². The van der Waals surface area contributed by atoms with Gasteiger partial charge in [0.05, 0.1) is 13.2 Å². The molecule has 2 aromatic carbocycles. The number of benzene rings is 2. The Bertz CT molecular complexity index is 745. The van der Waals surface area contributed by atoms with E-state index in [0.29, 0.717) is 18.9 Å². The molecule has 0 saturated carbocycles. The van der Waals surface area contributed by atoms with Crippen molar-refractivity contribution in [2.24, 2.45) is 4.99 Å². The first-order valence-electron chi connectivity index (χ1n) is 8.67. The monoisotopic (exact) mass is 505 g/mol. The summed E-state index contributed by atoms with van der Waals surface area (Å²) in [5.41, 5.74) is 2.01. The summed E-state index contributed by atoms with van der Waals surface area (Å²) in [6.45, 7) is -0.254. The summed E-state index contributed by atoms with van der Waals surface area (Å²) in [5, 5.41) is 6.55. The van der Waals surface area contributed by atoms with Gasteiger partial charge < -0.3 is 20.1 Å². The van der Waals surface area contributed by atoms with Crippen LogP contribution in [0.3, 0.4) is 0 Å². The molecule has 2 aromatic rings. The van der Waals surface area contributed by atoms with Crippen LogP contribution in [0.15, 0.2) is 53.5 Å². The van der Waals surface area contributed by atoms with Crippen molar-refractivity contribution in [2.75, 3.05) is 20.7 Å². The second-order valence-electron chi connectivity index (χ2n) is 5.89. The molecule has 154 valence electrons. The van der Waals surface area contributed by atoms with Crippen molar-refractivity contribution in [1.29, 1.82) is 0 Å². The van der Waals surface area contributed by atoms with Crippen LogP contribution in [0.2, 0.25) is 0 Å². The highest BCUT2D eigenvalue weighted by atomic mass is 127. The number of aliphatic imine (C=N–C) groups is 1. The predicted octanol–water partition coefficient (Wildman–Crippen LogP) is 4.38. The fourth-order valence-corrected chi connectivity index (χ4v) is 2.61. The number of halogens is 3.